The van der Waals surface area contributed by atoms with Crippen LogP contribution in [0, 0.1) is 5.92 Å². The molecule has 0 aliphatic rings. The van der Waals surface area contributed by atoms with Gasteiger partial charge in [-0.05, 0) is 5.92 Å². The average Bonchev–Trinajstić information content (AvgIpc) is 1.35. The van der Waals surface area contributed by atoms with Crippen LogP contribution < -0.4 is 0 Å². The van der Waals surface area contributed by atoms with Gasteiger partial charge in [-0.25, -0.2) is 0 Å². The fourth-order valence-corrected chi connectivity index (χ4v) is 0.133. The van der Waals surface area contributed by atoms with Crippen molar-refractivity contribution in [1.29, 1.82) is 0 Å². The molecule has 2 heteroatoms. The predicted molar refractivity (Wildman–Crippen MR) is 25.1 cm³/mol. The van der Waals surface area contributed by atoms with Crippen LogP contribution in [0.15, 0.2) is 5.16 Å². The van der Waals surface area contributed by atoms with Crippen molar-refractivity contribution in [2.45, 2.75) is 13.8 Å². The molecule has 0 aliphatic heterocycles. The first kappa shape index (κ1) is 5.47. The Morgan fingerprint density at radius 1 is 1.67 bits per heavy atom. The molecular weight excluding hydrogens is 78.0 g/mol. The molecule has 6 heavy (non-hydrogen) atoms. The van der Waals surface area contributed by atoms with Gasteiger partial charge < -0.3 is 5.21 Å². The molecule has 0 aliphatic carbocycles. The standard InChI is InChI=1S/C4H9NO/c1-4(2)3-5-6/h3-4,6H,1-2H3/b5-3-. The van der Waals surface area contributed by atoms with Gasteiger partial charge in [0.15, 0.2) is 0 Å². The molecule has 0 radical (unpaired) electrons. The maximum Gasteiger partial charge on any atom is 0.0461 e. The van der Waals surface area contributed by atoms with Crippen LogP contribution in [0.4, 0.5) is 0 Å². The van der Waals surface area contributed by atoms with Gasteiger partial charge in [-0.1, -0.05) is 13.8 Å². The van der Waals surface area contributed by atoms with Crippen LogP contribution in [-0.4, -0.2) is 11.4 Å². The van der Waals surface area contributed by atoms with Crippen molar-refractivity contribution in [3.63, 3.8) is 0 Å². The smallest absolute Gasteiger partial charge is 0.0461 e. The Labute approximate surface area is 37.5 Å². The summed E-state index contributed by atoms with van der Waals surface area (Å²) in [5, 5.41) is 10.6. The quantitative estimate of drug-likeness (QED) is 0.290. The van der Waals surface area contributed by atoms with Crippen molar-refractivity contribution in [2.24, 2.45) is 11.1 Å². The third-order valence-corrected chi connectivity index (χ3v) is 0.365. The fourth-order valence-electron chi connectivity index (χ4n) is 0.133. The van der Waals surface area contributed by atoms with Crippen molar-refractivity contribution in [3.05, 3.63) is 0 Å². The summed E-state index contributed by atoms with van der Waals surface area (Å²) in [6.45, 7) is 3.89. The highest BCUT2D eigenvalue weighted by Gasteiger charge is 1.79. The number of oxime groups is 1. The van der Waals surface area contributed by atoms with Gasteiger partial charge in [0, 0.05) is 6.21 Å². The lowest BCUT2D eigenvalue weighted by atomic mass is 10.3. The van der Waals surface area contributed by atoms with Gasteiger partial charge in [0.25, 0.3) is 0 Å². The largest absolute Gasteiger partial charge is 0.411 e. The van der Waals surface area contributed by atoms with Gasteiger partial charge in [-0.2, -0.15) is 0 Å². The molecule has 0 unspecified atom stereocenters. The van der Waals surface area contributed by atoms with Gasteiger partial charge in [0.05, 0.1) is 0 Å². The fraction of sp³-hybridized carbons (Fsp3) is 0.750. The van der Waals surface area contributed by atoms with E-state index in [9.17, 15) is 0 Å². The van der Waals surface area contributed by atoms with Gasteiger partial charge >= 0.3 is 0 Å². The summed E-state index contributed by atoms with van der Waals surface area (Å²) in [4.78, 5) is 0. The van der Waals surface area contributed by atoms with E-state index in [-0.39, 0.29) is 0 Å². The maximum atomic E-state index is 7.81. The third-order valence-electron chi connectivity index (χ3n) is 0.365. The topological polar surface area (TPSA) is 32.6 Å². The minimum Gasteiger partial charge on any atom is -0.411 e. The second kappa shape index (κ2) is 2.69. The normalized spacial score (nSPS) is 11.2. The number of rotatable bonds is 1. The summed E-state index contributed by atoms with van der Waals surface area (Å²) in [5.74, 6) is 0.356. The van der Waals surface area contributed by atoms with Gasteiger partial charge in [0.2, 0.25) is 0 Å². The lowest BCUT2D eigenvalue weighted by Gasteiger charge is -1.84. The number of hydrogen-bond acceptors (Lipinski definition) is 2. The van der Waals surface area contributed by atoms with Crippen molar-refractivity contribution in [3.8, 4) is 0 Å². The zero-order chi connectivity index (χ0) is 4.99. The van der Waals surface area contributed by atoms with Crippen LogP contribution in [0.3, 0.4) is 0 Å². The Kier molecular flexibility index (Phi) is 2.46. The van der Waals surface area contributed by atoms with E-state index in [1.165, 1.54) is 6.21 Å². The van der Waals surface area contributed by atoms with Crippen LogP contribution >= 0.6 is 0 Å². The van der Waals surface area contributed by atoms with E-state index in [2.05, 4.69) is 5.16 Å². The monoisotopic (exact) mass is 87.1 g/mol. The molecule has 0 bridgehead atoms. The second-order valence-electron chi connectivity index (χ2n) is 1.51. The molecule has 0 atom stereocenters. The van der Waals surface area contributed by atoms with E-state index in [0.717, 1.165) is 0 Å². The molecule has 0 saturated heterocycles. The summed E-state index contributed by atoms with van der Waals surface area (Å²) >= 11 is 0. The molecule has 0 heterocycles. The first-order valence-electron chi connectivity index (χ1n) is 1.95. The summed E-state index contributed by atoms with van der Waals surface area (Å²) in [6, 6.07) is 0. The molecule has 0 aromatic carbocycles. The van der Waals surface area contributed by atoms with E-state index in [1.54, 1.807) is 0 Å². The second-order valence-corrected chi connectivity index (χ2v) is 1.51. The summed E-state index contributed by atoms with van der Waals surface area (Å²) < 4.78 is 0. The van der Waals surface area contributed by atoms with Crippen LogP contribution in [0.5, 0.6) is 0 Å². The molecule has 0 aromatic heterocycles. The molecule has 2 nitrogen and oxygen atoms in total. The minimum atomic E-state index is 0.356. The molecule has 0 spiro atoms. The lowest BCUT2D eigenvalue weighted by Crippen LogP contribution is -1.84. The molecule has 1 N–H and O–H groups in total. The highest BCUT2D eigenvalue weighted by Crippen LogP contribution is 1.81. The zero-order valence-corrected chi connectivity index (χ0v) is 4.05. The zero-order valence-electron chi connectivity index (χ0n) is 4.05. The first-order valence-corrected chi connectivity index (χ1v) is 1.95. The van der Waals surface area contributed by atoms with E-state index in [4.69, 9.17) is 5.21 Å². The highest BCUT2D eigenvalue weighted by atomic mass is 16.4. The van der Waals surface area contributed by atoms with Crippen LogP contribution in [-0.2, 0) is 0 Å². The molecule has 0 saturated carbocycles. The molecule has 0 aromatic rings. The lowest BCUT2D eigenvalue weighted by molar-refractivity contribution is 0.319. The van der Waals surface area contributed by atoms with Crippen LogP contribution in [0.1, 0.15) is 13.8 Å². The van der Waals surface area contributed by atoms with E-state index >= 15 is 0 Å². The number of nitrogens with zero attached hydrogens (tertiary/aromatic N) is 1. The predicted octanol–water partition coefficient (Wildman–Crippen LogP) is 1.10. The third kappa shape index (κ3) is 3.47. The maximum absolute atomic E-state index is 7.81. The van der Waals surface area contributed by atoms with Crippen LogP contribution in [0.25, 0.3) is 0 Å². The summed E-state index contributed by atoms with van der Waals surface area (Å²) in [5.41, 5.74) is 0. The van der Waals surface area contributed by atoms with E-state index < -0.39 is 0 Å². The Balaban J connectivity index is 3.03. The first-order chi connectivity index (χ1) is 2.77. The highest BCUT2D eigenvalue weighted by molar-refractivity contribution is 5.58. The molecule has 0 amide bonds. The Morgan fingerprint density at radius 2 is 2.17 bits per heavy atom. The Bertz CT molecular complexity index is 49.5. The SMILES string of the molecule is CC(C)/C=N\O. The molecule has 36 valence electrons. The van der Waals surface area contributed by atoms with Gasteiger partial charge in [0.1, 0.15) is 0 Å². The van der Waals surface area contributed by atoms with Gasteiger partial charge in [-0.3, -0.25) is 0 Å². The molecular formula is C4H9NO. The average molecular weight is 87.1 g/mol. The van der Waals surface area contributed by atoms with Crippen LogP contribution in [0.2, 0.25) is 0 Å². The summed E-state index contributed by atoms with van der Waals surface area (Å²) in [7, 11) is 0. The van der Waals surface area contributed by atoms with Crippen molar-refractivity contribution in [1.82, 2.24) is 0 Å². The van der Waals surface area contributed by atoms with Gasteiger partial charge in [-0.15, -0.1) is 5.16 Å². The van der Waals surface area contributed by atoms with Crippen molar-refractivity contribution < 1.29 is 5.21 Å². The number of hydrogen-bond donors (Lipinski definition) is 1. The van der Waals surface area contributed by atoms with Crippen molar-refractivity contribution >= 4 is 6.21 Å². The molecule has 0 fully saturated rings. The van der Waals surface area contributed by atoms with E-state index in [0.29, 0.717) is 5.92 Å². The Hall–Kier alpha value is -0.530. The summed E-state index contributed by atoms with van der Waals surface area (Å²) in [6.07, 6.45) is 1.47. The minimum absolute atomic E-state index is 0.356. The van der Waals surface area contributed by atoms with Crippen molar-refractivity contribution in [2.75, 3.05) is 0 Å². The molecule has 0 rings (SSSR count). The van der Waals surface area contributed by atoms with E-state index in [1.807, 2.05) is 13.8 Å². The Morgan fingerprint density at radius 3 is 2.17 bits per heavy atom.